The number of nitrogens with one attached hydrogen (secondary N) is 1. The fraction of sp³-hybridized carbons (Fsp3) is 0.353. The van der Waals surface area contributed by atoms with Gasteiger partial charge in [-0.1, -0.05) is 89.8 Å². The van der Waals surface area contributed by atoms with Gasteiger partial charge in [0.15, 0.2) is 10.6 Å². The molecule has 1 aromatic heterocycles. The molecular weight excluding hydrogens is 611 g/mol. The van der Waals surface area contributed by atoms with Gasteiger partial charge >= 0.3 is 5.97 Å². The van der Waals surface area contributed by atoms with E-state index in [0.717, 1.165) is 48.5 Å². The monoisotopic (exact) mass is 647 g/mol. The zero-order valence-corrected chi connectivity index (χ0v) is 26.7. The first-order valence-corrected chi connectivity index (χ1v) is 16.8. The Labute approximate surface area is 271 Å². The first-order valence-electron chi connectivity index (χ1n) is 15.0. The van der Waals surface area contributed by atoms with Gasteiger partial charge in [0.1, 0.15) is 5.01 Å². The van der Waals surface area contributed by atoms with Gasteiger partial charge in [0.05, 0.1) is 18.8 Å². The third-order valence-electron chi connectivity index (χ3n) is 7.49. The largest absolute Gasteiger partial charge is 0.481 e. The van der Waals surface area contributed by atoms with Gasteiger partial charge in [-0.2, -0.15) is 0 Å². The lowest BCUT2D eigenvalue weighted by Gasteiger charge is -2.36. The summed E-state index contributed by atoms with van der Waals surface area (Å²) in [5, 5.41) is 30.4. The van der Waals surface area contributed by atoms with Crippen LogP contribution in [0.15, 0.2) is 77.1 Å². The fourth-order valence-electron chi connectivity index (χ4n) is 5.07. The number of unbranched alkanes of at least 4 members (excludes halogenated alkanes) is 1. The maximum absolute atomic E-state index is 12.2. The number of aliphatic hydroxyl groups is 1. The van der Waals surface area contributed by atoms with Gasteiger partial charge in [0.2, 0.25) is 5.91 Å². The number of hydrogen-bond donors (Lipinski definition) is 3. The minimum absolute atomic E-state index is 0.00184. The second kappa shape index (κ2) is 16.1. The molecule has 1 amide bonds. The van der Waals surface area contributed by atoms with Crippen LogP contribution in [-0.4, -0.2) is 44.1 Å². The number of aliphatic carboxylic acids is 1. The van der Waals surface area contributed by atoms with Crippen molar-refractivity contribution in [2.75, 3.05) is 5.75 Å². The standard InChI is InChI=1S/C34H37N3O6S2/c1-22-36-37-34(45-22)44-21-29-18-30(26-11-9-23(20-38)10-12-26)43-33(42-29)27-15-13-25(14-16-27)28-6-4-5-24(17-28)19-35-31(39)7-2-3-8-32(40)41/h4-6,9-17,29-30,33,38H,2-3,7-8,18-21H2,1H3,(H,35,39)(H,40,41). The Balaban J connectivity index is 1.24. The fourth-order valence-corrected chi connectivity index (χ4v) is 6.93. The molecule has 3 aromatic carbocycles. The number of rotatable bonds is 14. The molecule has 1 fully saturated rings. The third-order valence-corrected chi connectivity index (χ3v) is 9.60. The molecule has 0 bridgehead atoms. The maximum atomic E-state index is 12.2. The van der Waals surface area contributed by atoms with Crippen LogP contribution in [0.25, 0.3) is 11.1 Å². The molecule has 3 atom stereocenters. The van der Waals surface area contributed by atoms with Crippen LogP contribution in [0.3, 0.4) is 0 Å². The molecule has 45 heavy (non-hydrogen) atoms. The van der Waals surface area contributed by atoms with E-state index in [1.165, 1.54) is 0 Å². The van der Waals surface area contributed by atoms with Crippen LogP contribution in [0.4, 0.5) is 0 Å². The summed E-state index contributed by atoms with van der Waals surface area (Å²) in [6.07, 6.45) is 1.36. The number of thioether (sulfide) groups is 1. The average Bonchev–Trinajstić information content (AvgIpc) is 3.49. The molecule has 3 unspecified atom stereocenters. The number of carbonyl (C=O) groups excluding carboxylic acids is 1. The normalized spacial score (nSPS) is 18.0. The lowest BCUT2D eigenvalue weighted by atomic mass is 9.99. The van der Waals surface area contributed by atoms with Crippen LogP contribution in [0, 0.1) is 6.92 Å². The molecule has 1 aliphatic rings. The number of hydrogen-bond acceptors (Lipinski definition) is 9. The lowest BCUT2D eigenvalue weighted by Crippen LogP contribution is -2.31. The Kier molecular flexibility index (Phi) is 11.7. The molecule has 11 heteroatoms. The van der Waals surface area contributed by atoms with Gasteiger partial charge < -0.3 is 25.0 Å². The quantitative estimate of drug-likeness (QED) is 0.102. The zero-order valence-electron chi connectivity index (χ0n) is 25.1. The highest BCUT2D eigenvalue weighted by Crippen LogP contribution is 2.40. The highest BCUT2D eigenvalue weighted by molar-refractivity contribution is 8.01. The molecule has 0 spiro atoms. The lowest BCUT2D eigenvalue weighted by molar-refractivity contribution is -0.245. The molecule has 0 saturated carbocycles. The Morgan fingerprint density at radius 1 is 0.933 bits per heavy atom. The molecule has 2 heterocycles. The molecule has 1 saturated heterocycles. The van der Waals surface area contributed by atoms with Gasteiger partial charge in [-0.25, -0.2) is 0 Å². The summed E-state index contributed by atoms with van der Waals surface area (Å²) < 4.78 is 13.9. The number of aliphatic hydroxyl groups excluding tert-OH is 1. The van der Waals surface area contributed by atoms with E-state index in [2.05, 4.69) is 33.7 Å². The second-order valence-electron chi connectivity index (χ2n) is 10.9. The summed E-state index contributed by atoms with van der Waals surface area (Å²) >= 11 is 3.22. The topological polar surface area (TPSA) is 131 Å². The number of aromatic nitrogens is 2. The van der Waals surface area contributed by atoms with E-state index in [0.29, 0.717) is 32.2 Å². The highest BCUT2D eigenvalue weighted by atomic mass is 32.2. The van der Waals surface area contributed by atoms with Gasteiger partial charge in [-0.15, -0.1) is 10.2 Å². The van der Waals surface area contributed by atoms with Crippen molar-refractivity contribution < 1.29 is 29.3 Å². The van der Waals surface area contributed by atoms with Crippen LogP contribution in [-0.2, 0) is 32.2 Å². The summed E-state index contributed by atoms with van der Waals surface area (Å²) in [6.45, 7) is 2.35. The highest BCUT2D eigenvalue weighted by Gasteiger charge is 2.32. The van der Waals surface area contributed by atoms with E-state index in [-0.39, 0.29) is 31.1 Å². The smallest absolute Gasteiger partial charge is 0.303 e. The molecule has 9 nitrogen and oxygen atoms in total. The summed E-state index contributed by atoms with van der Waals surface area (Å²) in [5.41, 5.74) is 5.87. The minimum Gasteiger partial charge on any atom is -0.481 e. The predicted molar refractivity (Wildman–Crippen MR) is 174 cm³/mol. The van der Waals surface area contributed by atoms with Gasteiger partial charge in [0.25, 0.3) is 0 Å². The molecular formula is C34H37N3O6S2. The van der Waals surface area contributed by atoms with E-state index < -0.39 is 12.3 Å². The number of carboxylic acid groups (broad SMARTS) is 1. The van der Waals surface area contributed by atoms with E-state index in [9.17, 15) is 14.7 Å². The van der Waals surface area contributed by atoms with Crippen molar-refractivity contribution in [2.45, 2.75) is 75.0 Å². The number of carbonyl (C=O) groups is 2. The van der Waals surface area contributed by atoms with Gasteiger partial charge in [-0.05, 0) is 53.6 Å². The van der Waals surface area contributed by atoms with Crippen molar-refractivity contribution in [3.8, 4) is 11.1 Å². The van der Waals surface area contributed by atoms with Crippen molar-refractivity contribution in [3.63, 3.8) is 0 Å². The number of aryl methyl sites for hydroxylation is 1. The molecule has 0 radical (unpaired) electrons. The number of carboxylic acids is 1. The Morgan fingerprint density at radius 2 is 1.69 bits per heavy atom. The zero-order chi connectivity index (χ0) is 31.6. The van der Waals surface area contributed by atoms with E-state index >= 15 is 0 Å². The van der Waals surface area contributed by atoms with Crippen LogP contribution in [0.1, 0.15) is 71.8 Å². The van der Waals surface area contributed by atoms with E-state index in [4.69, 9.17) is 14.6 Å². The van der Waals surface area contributed by atoms with E-state index in [1.54, 1.807) is 23.1 Å². The molecule has 0 aliphatic carbocycles. The summed E-state index contributed by atoms with van der Waals surface area (Å²) in [6, 6.07) is 24.1. The Hall–Kier alpha value is -3.61. The van der Waals surface area contributed by atoms with Crippen LogP contribution < -0.4 is 5.32 Å². The van der Waals surface area contributed by atoms with Crippen LogP contribution in [0.2, 0.25) is 0 Å². The van der Waals surface area contributed by atoms with Crippen molar-refractivity contribution in [3.05, 3.63) is 100 Å². The second-order valence-corrected chi connectivity index (χ2v) is 13.4. The molecule has 1 aliphatic heterocycles. The van der Waals surface area contributed by atoms with E-state index in [1.807, 2.05) is 61.5 Å². The first-order chi connectivity index (χ1) is 21.9. The maximum Gasteiger partial charge on any atom is 0.303 e. The van der Waals surface area contributed by atoms with Gasteiger partial charge in [0, 0.05) is 37.1 Å². The summed E-state index contributed by atoms with van der Waals surface area (Å²) in [7, 11) is 0. The SMILES string of the molecule is Cc1nnc(SCC2CC(c3ccc(CO)cc3)OC(c3ccc(-c4cccc(CNC(=O)CCCCC(=O)O)c4)cc3)O2)s1. The Bertz CT molecular complexity index is 1560. The molecule has 236 valence electrons. The van der Waals surface area contributed by atoms with Crippen molar-refractivity contribution >= 4 is 35.0 Å². The number of benzene rings is 3. The van der Waals surface area contributed by atoms with Crippen molar-refractivity contribution in [1.29, 1.82) is 0 Å². The van der Waals surface area contributed by atoms with Crippen molar-refractivity contribution in [2.24, 2.45) is 0 Å². The third kappa shape index (κ3) is 9.69. The minimum atomic E-state index is -0.840. The summed E-state index contributed by atoms with van der Waals surface area (Å²) in [4.78, 5) is 22.8. The molecule has 5 rings (SSSR count). The van der Waals surface area contributed by atoms with Crippen molar-refractivity contribution in [1.82, 2.24) is 15.5 Å². The van der Waals surface area contributed by atoms with Crippen LogP contribution in [0.5, 0.6) is 0 Å². The molecule has 4 aromatic rings. The summed E-state index contributed by atoms with van der Waals surface area (Å²) in [5.74, 6) is -0.198. The number of nitrogens with zero attached hydrogens (tertiary/aromatic N) is 2. The molecule has 3 N–H and O–H groups in total. The van der Waals surface area contributed by atoms with Gasteiger partial charge in [-0.3, -0.25) is 9.59 Å². The number of amides is 1. The Morgan fingerprint density at radius 3 is 2.40 bits per heavy atom. The first kappa shape index (κ1) is 32.8. The number of ether oxygens (including phenoxy) is 2. The average molecular weight is 648 g/mol. The van der Waals surface area contributed by atoms with Crippen LogP contribution >= 0.6 is 23.1 Å². The predicted octanol–water partition coefficient (Wildman–Crippen LogP) is 6.60.